The number of nitrogens with one attached hydrogen (secondary N) is 1. The van der Waals surface area contributed by atoms with Crippen LogP contribution in [0.1, 0.15) is 17.2 Å². The van der Waals surface area contributed by atoms with Crippen molar-refractivity contribution in [2.45, 2.75) is 12.6 Å². The molecule has 0 aliphatic heterocycles. The molecule has 1 amide bonds. The Morgan fingerprint density at radius 3 is 2.29 bits per heavy atom. The summed E-state index contributed by atoms with van der Waals surface area (Å²) in [5.74, 6) is -4.46. The van der Waals surface area contributed by atoms with Crippen molar-refractivity contribution in [2.75, 3.05) is 0 Å². The van der Waals surface area contributed by atoms with E-state index in [2.05, 4.69) is 5.32 Å². The fourth-order valence-corrected chi connectivity index (χ4v) is 1.94. The van der Waals surface area contributed by atoms with Gasteiger partial charge >= 0.3 is 0 Å². The average molecular weight is 294 g/mol. The summed E-state index contributed by atoms with van der Waals surface area (Å²) >= 11 is 0. The zero-order chi connectivity index (χ0) is 15.4. The van der Waals surface area contributed by atoms with Crippen LogP contribution in [-0.2, 0) is 11.3 Å². The number of carbonyl (C=O) groups is 1. The molecular formula is C15H13F3N2O. The Hall–Kier alpha value is -2.34. The van der Waals surface area contributed by atoms with Crippen LogP contribution in [-0.4, -0.2) is 5.91 Å². The molecule has 2 aromatic carbocycles. The van der Waals surface area contributed by atoms with Crippen molar-refractivity contribution in [3.05, 3.63) is 71.0 Å². The van der Waals surface area contributed by atoms with Gasteiger partial charge in [-0.25, -0.2) is 13.2 Å². The van der Waals surface area contributed by atoms with Gasteiger partial charge in [0, 0.05) is 18.2 Å². The molecule has 0 saturated carbocycles. The van der Waals surface area contributed by atoms with Crippen LogP contribution < -0.4 is 11.1 Å². The van der Waals surface area contributed by atoms with Crippen LogP contribution in [0, 0.1) is 17.5 Å². The Balaban J connectivity index is 2.23. The van der Waals surface area contributed by atoms with E-state index in [1.165, 1.54) is 0 Å². The third kappa shape index (κ3) is 3.61. The lowest BCUT2D eigenvalue weighted by Gasteiger charge is -2.17. The lowest BCUT2D eigenvalue weighted by molar-refractivity contribution is -0.120. The number of nitrogens with two attached hydrogens (primary N) is 1. The Morgan fingerprint density at radius 2 is 1.67 bits per heavy atom. The molecule has 110 valence electrons. The third-order valence-corrected chi connectivity index (χ3v) is 2.99. The summed E-state index contributed by atoms with van der Waals surface area (Å²) in [4.78, 5) is 11.4. The summed E-state index contributed by atoms with van der Waals surface area (Å²) in [5.41, 5.74) is 5.72. The van der Waals surface area contributed by atoms with Crippen molar-refractivity contribution in [3.8, 4) is 0 Å². The third-order valence-electron chi connectivity index (χ3n) is 2.99. The van der Waals surface area contributed by atoms with Crippen molar-refractivity contribution in [3.63, 3.8) is 0 Å². The molecule has 2 aromatic rings. The molecule has 0 radical (unpaired) electrons. The van der Waals surface area contributed by atoms with E-state index >= 15 is 0 Å². The van der Waals surface area contributed by atoms with Crippen LogP contribution in [0.15, 0.2) is 42.5 Å². The van der Waals surface area contributed by atoms with Gasteiger partial charge in [0.25, 0.3) is 0 Å². The summed E-state index contributed by atoms with van der Waals surface area (Å²) in [6.45, 7) is 0.229. The number of hydrogen-bond acceptors (Lipinski definition) is 2. The smallest absolute Gasteiger partial charge is 0.239 e. The van der Waals surface area contributed by atoms with E-state index in [1.807, 2.05) is 6.07 Å². The van der Waals surface area contributed by atoms with Crippen molar-refractivity contribution >= 4 is 5.91 Å². The summed E-state index contributed by atoms with van der Waals surface area (Å²) in [5, 5.41) is 2.74. The van der Waals surface area contributed by atoms with Gasteiger partial charge in [-0.15, -0.1) is 0 Å². The molecule has 21 heavy (non-hydrogen) atoms. The average Bonchev–Trinajstić information content (AvgIpc) is 2.45. The first-order valence-electron chi connectivity index (χ1n) is 6.20. The van der Waals surface area contributed by atoms with E-state index in [0.717, 1.165) is 5.56 Å². The lowest BCUT2D eigenvalue weighted by Crippen LogP contribution is -2.34. The van der Waals surface area contributed by atoms with Crippen LogP contribution in [0.4, 0.5) is 13.2 Å². The number of primary amides is 1. The van der Waals surface area contributed by atoms with Gasteiger partial charge in [0.15, 0.2) is 11.6 Å². The predicted octanol–water partition coefficient (Wildman–Crippen LogP) is 2.42. The predicted molar refractivity (Wildman–Crippen MR) is 71.5 cm³/mol. The highest BCUT2D eigenvalue weighted by Crippen LogP contribution is 2.21. The molecule has 0 spiro atoms. The fourth-order valence-electron chi connectivity index (χ4n) is 1.94. The topological polar surface area (TPSA) is 55.1 Å². The number of benzene rings is 2. The van der Waals surface area contributed by atoms with Crippen molar-refractivity contribution in [1.29, 1.82) is 0 Å². The van der Waals surface area contributed by atoms with Gasteiger partial charge in [0.05, 0.1) is 0 Å². The zero-order valence-electron chi connectivity index (χ0n) is 10.9. The largest absolute Gasteiger partial charge is 0.368 e. The maximum absolute atomic E-state index is 13.7. The highest BCUT2D eigenvalue weighted by molar-refractivity contribution is 5.81. The van der Waals surface area contributed by atoms with Gasteiger partial charge < -0.3 is 5.73 Å². The lowest BCUT2D eigenvalue weighted by atomic mass is 10.0. The highest BCUT2D eigenvalue weighted by atomic mass is 19.2. The monoisotopic (exact) mass is 294 g/mol. The van der Waals surface area contributed by atoms with E-state index in [0.29, 0.717) is 12.1 Å². The molecule has 0 fully saturated rings. The molecule has 0 saturated heterocycles. The molecule has 6 heteroatoms. The summed E-state index contributed by atoms with van der Waals surface area (Å²) in [6.07, 6.45) is 0. The second kappa shape index (κ2) is 6.41. The normalized spacial score (nSPS) is 12.1. The summed E-state index contributed by atoms with van der Waals surface area (Å²) < 4.78 is 39.9. The second-order valence-electron chi connectivity index (χ2n) is 4.49. The quantitative estimate of drug-likeness (QED) is 0.832. The van der Waals surface area contributed by atoms with Crippen molar-refractivity contribution in [2.24, 2.45) is 5.73 Å². The first-order valence-corrected chi connectivity index (χ1v) is 6.20. The molecule has 0 bridgehead atoms. The number of amides is 1. The van der Waals surface area contributed by atoms with Gasteiger partial charge in [-0.2, -0.15) is 0 Å². The molecule has 0 aromatic heterocycles. The Bertz CT molecular complexity index is 647. The number of halogens is 3. The van der Waals surface area contributed by atoms with E-state index in [9.17, 15) is 18.0 Å². The zero-order valence-corrected chi connectivity index (χ0v) is 10.9. The number of hydrogen-bond donors (Lipinski definition) is 2. The first-order chi connectivity index (χ1) is 9.99. The first kappa shape index (κ1) is 15.1. The minimum atomic E-state index is -1.32. The minimum absolute atomic E-state index is 0.229. The SMILES string of the molecule is NC(=O)C(NCc1ccccc1)c1cc(F)c(F)cc1F. The second-order valence-corrected chi connectivity index (χ2v) is 4.49. The molecule has 1 atom stereocenters. The van der Waals surface area contributed by atoms with Crippen LogP contribution in [0.25, 0.3) is 0 Å². The van der Waals surface area contributed by atoms with Gasteiger partial charge in [-0.1, -0.05) is 30.3 Å². The molecule has 0 aliphatic rings. The maximum Gasteiger partial charge on any atom is 0.239 e. The van der Waals surface area contributed by atoms with Crippen molar-refractivity contribution < 1.29 is 18.0 Å². The Labute approximate surface area is 119 Å². The van der Waals surface area contributed by atoms with E-state index in [-0.39, 0.29) is 12.1 Å². The highest BCUT2D eigenvalue weighted by Gasteiger charge is 2.23. The number of rotatable bonds is 5. The molecule has 0 aliphatic carbocycles. The van der Waals surface area contributed by atoms with Gasteiger partial charge in [0.2, 0.25) is 5.91 Å². The van der Waals surface area contributed by atoms with Crippen LogP contribution >= 0.6 is 0 Å². The van der Waals surface area contributed by atoms with E-state index in [4.69, 9.17) is 5.73 Å². The maximum atomic E-state index is 13.7. The van der Waals surface area contributed by atoms with Crippen molar-refractivity contribution in [1.82, 2.24) is 5.32 Å². The fraction of sp³-hybridized carbons (Fsp3) is 0.133. The van der Waals surface area contributed by atoms with Crippen LogP contribution in [0.3, 0.4) is 0 Å². The molecular weight excluding hydrogens is 281 g/mol. The van der Waals surface area contributed by atoms with Crippen LogP contribution in [0.5, 0.6) is 0 Å². The van der Waals surface area contributed by atoms with Gasteiger partial charge in [-0.05, 0) is 11.6 Å². The molecule has 3 nitrogen and oxygen atoms in total. The standard InChI is InChI=1S/C15H13F3N2O/c16-11-7-13(18)12(17)6-10(11)14(15(19)21)20-8-9-4-2-1-3-5-9/h1-7,14,20H,8H2,(H2,19,21). The molecule has 1 unspecified atom stereocenters. The Morgan fingerprint density at radius 1 is 1.05 bits per heavy atom. The number of carbonyl (C=O) groups excluding carboxylic acids is 1. The van der Waals surface area contributed by atoms with Crippen LogP contribution in [0.2, 0.25) is 0 Å². The summed E-state index contributed by atoms with van der Waals surface area (Å²) in [7, 11) is 0. The minimum Gasteiger partial charge on any atom is -0.368 e. The Kier molecular flexibility index (Phi) is 4.59. The van der Waals surface area contributed by atoms with Gasteiger partial charge in [-0.3, -0.25) is 10.1 Å². The molecule has 3 N–H and O–H groups in total. The summed E-state index contributed by atoms with van der Waals surface area (Å²) in [6, 6.07) is 8.80. The van der Waals surface area contributed by atoms with E-state index in [1.54, 1.807) is 24.3 Å². The van der Waals surface area contributed by atoms with Gasteiger partial charge in [0.1, 0.15) is 11.9 Å². The molecule has 2 rings (SSSR count). The molecule has 0 heterocycles. The van der Waals surface area contributed by atoms with E-state index < -0.39 is 29.4 Å².